The highest BCUT2D eigenvalue weighted by molar-refractivity contribution is 7.92. The molecule has 0 radical (unpaired) electrons. The summed E-state index contributed by atoms with van der Waals surface area (Å²) < 4.78 is 33.8. The van der Waals surface area contributed by atoms with Gasteiger partial charge in [0, 0.05) is 5.38 Å². The van der Waals surface area contributed by atoms with Crippen LogP contribution < -0.4 is 14.8 Å². The zero-order chi connectivity index (χ0) is 22.7. The highest BCUT2D eigenvalue weighted by atomic mass is 35.5. The molecule has 2 N–H and O–H groups in total. The van der Waals surface area contributed by atoms with Gasteiger partial charge in [-0.05, 0) is 48.5 Å². The van der Waals surface area contributed by atoms with Crippen molar-refractivity contribution in [3.05, 3.63) is 75.9 Å². The average Bonchev–Trinajstić information content (AvgIpc) is 3.42. The van der Waals surface area contributed by atoms with Crippen molar-refractivity contribution in [1.82, 2.24) is 4.98 Å². The Bertz CT molecular complexity index is 1360. The number of thiazole rings is 1. The van der Waals surface area contributed by atoms with Crippen LogP contribution in [-0.2, 0) is 10.0 Å². The van der Waals surface area contributed by atoms with Crippen molar-refractivity contribution in [2.75, 3.05) is 17.1 Å². The Morgan fingerprint density at radius 1 is 1.06 bits per heavy atom. The second-order valence-corrected chi connectivity index (χ2v) is 10.7. The van der Waals surface area contributed by atoms with Crippen LogP contribution >= 0.6 is 34.3 Å². The minimum Gasteiger partial charge on any atom is -0.497 e. The predicted molar refractivity (Wildman–Crippen MR) is 129 cm³/mol. The third-order valence-electron chi connectivity index (χ3n) is 4.34. The standard InChI is InChI=1S/C21H16ClN3O4S3/c1-29-13-6-8-14(9-7-13)32(27,28)25-16-5-3-2-4-15(16)20(26)24-21-23-17(12-30-21)18-10-11-19(22)31-18/h2-12,25H,1H3,(H,23,24,26). The molecule has 0 saturated carbocycles. The lowest BCUT2D eigenvalue weighted by atomic mass is 10.2. The first kappa shape index (κ1) is 22.3. The van der Waals surface area contributed by atoms with E-state index in [4.69, 9.17) is 16.3 Å². The number of aromatic nitrogens is 1. The number of hydrogen-bond donors (Lipinski definition) is 2. The molecule has 32 heavy (non-hydrogen) atoms. The van der Waals surface area contributed by atoms with Crippen LogP contribution in [0.3, 0.4) is 0 Å². The summed E-state index contributed by atoms with van der Waals surface area (Å²) in [6, 6.07) is 16.0. The molecule has 0 unspecified atom stereocenters. The highest BCUT2D eigenvalue weighted by Gasteiger charge is 2.19. The number of methoxy groups -OCH3 is 1. The van der Waals surface area contributed by atoms with E-state index >= 15 is 0 Å². The molecule has 2 aromatic heterocycles. The first-order valence-corrected chi connectivity index (χ1v) is 12.7. The fourth-order valence-corrected chi connectivity index (χ4v) is 5.65. The maximum atomic E-state index is 12.9. The molecule has 1 amide bonds. The van der Waals surface area contributed by atoms with Crippen LogP contribution in [0.25, 0.3) is 10.6 Å². The van der Waals surface area contributed by atoms with Crippen LogP contribution in [0.1, 0.15) is 10.4 Å². The summed E-state index contributed by atoms with van der Waals surface area (Å²) in [5, 5.41) is 4.93. The van der Waals surface area contributed by atoms with Crippen molar-refractivity contribution in [2.24, 2.45) is 0 Å². The van der Waals surface area contributed by atoms with Crippen molar-refractivity contribution in [2.45, 2.75) is 4.90 Å². The fraction of sp³-hybridized carbons (Fsp3) is 0.0476. The molecular formula is C21H16ClN3O4S3. The Balaban J connectivity index is 1.54. The SMILES string of the molecule is COc1ccc(S(=O)(=O)Nc2ccccc2C(=O)Nc2nc(-c3ccc(Cl)s3)cs2)cc1. The summed E-state index contributed by atoms with van der Waals surface area (Å²) in [6.07, 6.45) is 0. The largest absolute Gasteiger partial charge is 0.497 e. The van der Waals surface area contributed by atoms with E-state index in [9.17, 15) is 13.2 Å². The van der Waals surface area contributed by atoms with Crippen molar-refractivity contribution in [3.8, 4) is 16.3 Å². The van der Waals surface area contributed by atoms with Gasteiger partial charge in [-0.25, -0.2) is 13.4 Å². The first-order chi connectivity index (χ1) is 15.4. The Kier molecular flexibility index (Phi) is 6.47. The van der Waals surface area contributed by atoms with E-state index < -0.39 is 15.9 Å². The van der Waals surface area contributed by atoms with E-state index in [2.05, 4.69) is 15.0 Å². The minimum absolute atomic E-state index is 0.0488. The molecule has 164 valence electrons. The van der Waals surface area contributed by atoms with Gasteiger partial charge in [0.15, 0.2) is 5.13 Å². The predicted octanol–water partition coefficient (Wildman–Crippen LogP) is 5.59. The number of amides is 1. The zero-order valence-electron chi connectivity index (χ0n) is 16.5. The van der Waals surface area contributed by atoms with Gasteiger partial charge < -0.3 is 4.74 Å². The minimum atomic E-state index is -3.91. The molecule has 2 aromatic carbocycles. The second kappa shape index (κ2) is 9.29. The van der Waals surface area contributed by atoms with E-state index in [-0.39, 0.29) is 16.1 Å². The van der Waals surface area contributed by atoms with Crippen LogP contribution in [0.5, 0.6) is 5.75 Å². The molecule has 0 saturated heterocycles. The summed E-state index contributed by atoms with van der Waals surface area (Å²) in [5.41, 5.74) is 1.03. The van der Waals surface area contributed by atoms with E-state index in [1.165, 1.54) is 54.0 Å². The third-order valence-corrected chi connectivity index (χ3v) is 7.73. The van der Waals surface area contributed by atoms with Gasteiger partial charge >= 0.3 is 0 Å². The molecule has 11 heteroatoms. The number of carbonyl (C=O) groups excluding carboxylic acids is 1. The number of ether oxygens (including phenoxy) is 1. The average molecular weight is 506 g/mol. The maximum Gasteiger partial charge on any atom is 0.261 e. The summed E-state index contributed by atoms with van der Waals surface area (Å²) in [6.45, 7) is 0. The highest BCUT2D eigenvalue weighted by Crippen LogP contribution is 2.33. The number of benzene rings is 2. The van der Waals surface area contributed by atoms with Crippen molar-refractivity contribution in [1.29, 1.82) is 0 Å². The number of hydrogen-bond acceptors (Lipinski definition) is 7. The Hall–Kier alpha value is -2.92. The van der Waals surface area contributed by atoms with Crippen LogP contribution in [0, 0.1) is 0 Å². The number of carbonyl (C=O) groups is 1. The Labute approximate surface area is 197 Å². The van der Waals surface area contributed by atoms with Crippen LogP contribution in [0.4, 0.5) is 10.8 Å². The van der Waals surface area contributed by atoms with Crippen LogP contribution in [-0.4, -0.2) is 26.4 Å². The number of nitrogens with zero attached hydrogens (tertiary/aromatic N) is 1. The molecule has 0 aliphatic heterocycles. The number of para-hydroxylation sites is 1. The molecule has 4 rings (SSSR count). The first-order valence-electron chi connectivity index (χ1n) is 9.14. The number of rotatable bonds is 7. The van der Waals surface area contributed by atoms with Crippen LogP contribution in [0.2, 0.25) is 4.34 Å². The molecule has 0 atom stereocenters. The molecule has 0 aliphatic carbocycles. The third kappa shape index (κ3) is 4.94. The van der Waals surface area contributed by atoms with E-state index in [0.29, 0.717) is 20.9 Å². The molecule has 0 spiro atoms. The summed E-state index contributed by atoms with van der Waals surface area (Å²) in [5.74, 6) is 0.0551. The van der Waals surface area contributed by atoms with E-state index in [1.54, 1.807) is 30.3 Å². The molecule has 4 aromatic rings. The topological polar surface area (TPSA) is 97.4 Å². The number of sulfonamides is 1. The summed E-state index contributed by atoms with van der Waals surface area (Å²) in [4.78, 5) is 18.2. The lowest BCUT2D eigenvalue weighted by Gasteiger charge is -2.12. The van der Waals surface area contributed by atoms with E-state index in [1.807, 2.05) is 11.4 Å². The van der Waals surface area contributed by atoms with Crippen molar-refractivity contribution < 1.29 is 17.9 Å². The molecule has 7 nitrogen and oxygen atoms in total. The monoisotopic (exact) mass is 505 g/mol. The Morgan fingerprint density at radius 3 is 2.50 bits per heavy atom. The molecule has 0 fully saturated rings. The van der Waals surface area contributed by atoms with E-state index in [0.717, 1.165) is 4.88 Å². The lowest BCUT2D eigenvalue weighted by Crippen LogP contribution is -2.18. The molecule has 2 heterocycles. The summed E-state index contributed by atoms with van der Waals surface area (Å²) >= 11 is 8.63. The van der Waals surface area contributed by atoms with Gasteiger partial charge in [0.1, 0.15) is 5.75 Å². The fourth-order valence-electron chi connectivity index (χ4n) is 2.79. The second-order valence-electron chi connectivity index (χ2n) is 6.42. The molecule has 0 bridgehead atoms. The molecular weight excluding hydrogens is 490 g/mol. The Morgan fingerprint density at radius 2 is 1.81 bits per heavy atom. The lowest BCUT2D eigenvalue weighted by molar-refractivity contribution is 0.102. The van der Waals surface area contributed by atoms with Crippen molar-refractivity contribution in [3.63, 3.8) is 0 Å². The normalized spacial score (nSPS) is 11.2. The number of halogens is 1. The van der Waals surface area contributed by atoms with Gasteiger partial charge in [0.2, 0.25) is 0 Å². The van der Waals surface area contributed by atoms with Crippen LogP contribution in [0.15, 0.2) is 70.9 Å². The maximum absolute atomic E-state index is 12.9. The van der Waals surface area contributed by atoms with Gasteiger partial charge in [0.05, 0.1) is 38.2 Å². The van der Waals surface area contributed by atoms with Gasteiger partial charge in [-0.3, -0.25) is 14.8 Å². The molecule has 0 aliphatic rings. The number of thiophene rings is 1. The smallest absolute Gasteiger partial charge is 0.261 e. The number of nitrogens with one attached hydrogen (secondary N) is 2. The van der Waals surface area contributed by atoms with Crippen molar-refractivity contribution >= 4 is 61.0 Å². The van der Waals surface area contributed by atoms with Gasteiger partial charge in [-0.2, -0.15) is 0 Å². The number of anilines is 2. The quantitative estimate of drug-likeness (QED) is 0.341. The summed E-state index contributed by atoms with van der Waals surface area (Å²) in [7, 11) is -2.41. The zero-order valence-corrected chi connectivity index (χ0v) is 19.7. The van der Waals surface area contributed by atoms with Gasteiger partial charge in [-0.15, -0.1) is 22.7 Å². The van der Waals surface area contributed by atoms with Gasteiger partial charge in [-0.1, -0.05) is 23.7 Å². The van der Waals surface area contributed by atoms with Gasteiger partial charge in [0.25, 0.3) is 15.9 Å².